The number of nitrogens with zero attached hydrogens (tertiary/aromatic N) is 2. The van der Waals surface area contributed by atoms with Gasteiger partial charge in [-0.3, -0.25) is 4.79 Å². The van der Waals surface area contributed by atoms with Crippen molar-refractivity contribution in [2.75, 3.05) is 0 Å². The Balaban J connectivity index is 2.38. The smallest absolute Gasteiger partial charge is 0.213 e. The zero-order valence-corrected chi connectivity index (χ0v) is 4.57. The third-order valence-electron chi connectivity index (χ3n) is 0.750. The molecule has 0 saturated carbocycles. The summed E-state index contributed by atoms with van der Waals surface area (Å²) in [4.78, 5) is 13.4. The first kappa shape index (κ1) is 5.74. The largest absolute Gasteiger partial charge is 0.351 e. The Morgan fingerprint density at radius 3 is 3.33 bits per heavy atom. The SMILES string of the molecule is O=CNCc1ncon1. The van der Waals surface area contributed by atoms with E-state index in [-0.39, 0.29) is 0 Å². The van der Waals surface area contributed by atoms with E-state index >= 15 is 0 Å². The molecule has 0 aliphatic carbocycles. The van der Waals surface area contributed by atoms with Crippen LogP contribution in [0.2, 0.25) is 0 Å². The van der Waals surface area contributed by atoms with Crippen molar-refractivity contribution in [1.82, 2.24) is 15.5 Å². The lowest BCUT2D eigenvalue weighted by Crippen LogP contribution is -2.10. The summed E-state index contributed by atoms with van der Waals surface area (Å²) in [5.41, 5.74) is 0. The normalized spacial score (nSPS) is 8.89. The van der Waals surface area contributed by atoms with Gasteiger partial charge in [0.25, 0.3) is 0 Å². The van der Waals surface area contributed by atoms with E-state index in [1.807, 2.05) is 0 Å². The second kappa shape index (κ2) is 2.81. The predicted molar refractivity (Wildman–Crippen MR) is 27.2 cm³/mol. The van der Waals surface area contributed by atoms with Crippen molar-refractivity contribution >= 4 is 6.41 Å². The molecule has 0 unspecified atom stereocenters. The molecule has 0 saturated heterocycles. The first-order valence-electron chi connectivity index (χ1n) is 2.36. The van der Waals surface area contributed by atoms with Gasteiger partial charge in [0.05, 0.1) is 6.54 Å². The van der Waals surface area contributed by atoms with Crippen LogP contribution in [-0.2, 0) is 11.3 Å². The van der Waals surface area contributed by atoms with Gasteiger partial charge in [0, 0.05) is 0 Å². The van der Waals surface area contributed by atoms with E-state index < -0.39 is 0 Å². The van der Waals surface area contributed by atoms with Crippen molar-refractivity contribution in [2.24, 2.45) is 0 Å². The minimum absolute atomic E-state index is 0.319. The van der Waals surface area contributed by atoms with Crippen LogP contribution in [0.15, 0.2) is 10.9 Å². The van der Waals surface area contributed by atoms with Crippen LogP contribution in [0.1, 0.15) is 5.82 Å². The lowest BCUT2D eigenvalue weighted by molar-refractivity contribution is -0.109. The van der Waals surface area contributed by atoms with Crippen LogP contribution in [0.4, 0.5) is 0 Å². The lowest BCUT2D eigenvalue weighted by Gasteiger charge is -1.86. The molecule has 1 amide bonds. The zero-order chi connectivity index (χ0) is 6.53. The highest BCUT2D eigenvalue weighted by molar-refractivity contribution is 5.45. The Morgan fingerprint density at radius 1 is 1.89 bits per heavy atom. The number of hydrogen-bond acceptors (Lipinski definition) is 4. The minimum Gasteiger partial charge on any atom is -0.351 e. The highest BCUT2D eigenvalue weighted by Gasteiger charge is 1.93. The van der Waals surface area contributed by atoms with E-state index in [1.165, 1.54) is 6.39 Å². The van der Waals surface area contributed by atoms with Crippen molar-refractivity contribution in [3.8, 4) is 0 Å². The molecule has 48 valence electrons. The van der Waals surface area contributed by atoms with E-state index in [9.17, 15) is 4.79 Å². The van der Waals surface area contributed by atoms with E-state index in [4.69, 9.17) is 0 Å². The fourth-order valence-electron chi connectivity index (χ4n) is 0.403. The number of nitrogens with one attached hydrogen (secondary N) is 1. The van der Waals surface area contributed by atoms with Crippen LogP contribution in [0, 0.1) is 0 Å². The van der Waals surface area contributed by atoms with Gasteiger partial charge >= 0.3 is 0 Å². The number of hydrogen-bond donors (Lipinski definition) is 1. The number of carbonyl (C=O) groups is 1. The summed E-state index contributed by atoms with van der Waals surface area (Å²) in [6.45, 7) is 0.319. The molecule has 1 aromatic rings. The van der Waals surface area contributed by atoms with E-state index in [0.717, 1.165) is 0 Å². The Hall–Kier alpha value is -1.39. The molecular weight excluding hydrogens is 122 g/mol. The lowest BCUT2D eigenvalue weighted by atomic mass is 10.6. The van der Waals surface area contributed by atoms with Gasteiger partial charge in [0.2, 0.25) is 12.8 Å². The van der Waals surface area contributed by atoms with Gasteiger partial charge in [-0.15, -0.1) is 0 Å². The molecule has 9 heavy (non-hydrogen) atoms. The summed E-state index contributed by atoms with van der Waals surface area (Å²) in [6, 6.07) is 0. The summed E-state index contributed by atoms with van der Waals surface area (Å²) in [5, 5.41) is 5.83. The monoisotopic (exact) mass is 127 g/mol. The van der Waals surface area contributed by atoms with E-state index in [2.05, 4.69) is 20.0 Å². The number of aromatic nitrogens is 2. The first-order valence-corrected chi connectivity index (χ1v) is 2.36. The van der Waals surface area contributed by atoms with Crippen molar-refractivity contribution in [1.29, 1.82) is 0 Å². The molecule has 1 aromatic heterocycles. The maximum absolute atomic E-state index is 9.70. The highest BCUT2D eigenvalue weighted by Crippen LogP contribution is 1.83. The molecule has 1 rings (SSSR count). The Labute approximate surface area is 51.1 Å². The van der Waals surface area contributed by atoms with Crippen LogP contribution in [0.3, 0.4) is 0 Å². The second-order valence-electron chi connectivity index (χ2n) is 1.35. The average Bonchev–Trinajstić information content (AvgIpc) is 2.34. The third-order valence-corrected chi connectivity index (χ3v) is 0.750. The topological polar surface area (TPSA) is 68.0 Å². The summed E-state index contributed by atoms with van der Waals surface area (Å²) >= 11 is 0. The fourth-order valence-corrected chi connectivity index (χ4v) is 0.403. The van der Waals surface area contributed by atoms with Crippen LogP contribution in [-0.4, -0.2) is 16.6 Å². The Morgan fingerprint density at radius 2 is 2.78 bits per heavy atom. The zero-order valence-electron chi connectivity index (χ0n) is 4.57. The molecule has 1 N–H and O–H groups in total. The first-order chi connectivity index (χ1) is 4.43. The second-order valence-corrected chi connectivity index (χ2v) is 1.35. The van der Waals surface area contributed by atoms with Crippen molar-refractivity contribution in [3.63, 3.8) is 0 Å². The fraction of sp³-hybridized carbons (Fsp3) is 0.250. The Kier molecular flexibility index (Phi) is 1.79. The summed E-state index contributed by atoms with van der Waals surface area (Å²) < 4.78 is 4.39. The van der Waals surface area contributed by atoms with Gasteiger partial charge in [0.15, 0.2) is 5.82 Å². The predicted octanol–water partition coefficient (Wildman–Crippen LogP) is -0.684. The van der Waals surface area contributed by atoms with Crippen molar-refractivity contribution < 1.29 is 9.32 Å². The van der Waals surface area contributed by atoms with E-state index in [0.29, 0.717) is 18.8 Å². The van der Waals surface area contributed by atoms with Crippen LogP contribution in [0.5, 0.6) is 0 Å². The molecule has 5 heteroatoms. The summed E-state index contributed by atoms with van der Waals surface area (Å²) in [6.07, 6.45) is 1.79. The number of carbonyl (C=O) groups excluding carboxylic acids is 1. The number of rotatable bonds is 3. The quantitative estimate of drug-likeness (QED) is 0.546. The average molecular weight is 127 g/mol. The summed E-state index contributed by atoms with van der Waals surface area (Å²) in [5.74, 6) is 0.474. The standard InChI is InChI=1S/C4H5N3O2/c8-2-5-1-4-6-3-9-7-4/h2-3H,1H2,(H,5,8). The maximum Gasteiger partial charge on any atom is 0.213 e. The van der Waals surface area contributed by atoms with Gasteiger partial charge in [-0.2, -0.15) is 4.98 Å². The minimum atomic E-state index is 0.319. The van der Waals surface area contributed by atoms with Gasteiger partial charge < -0.3 is 9.84 Å². The van der Waals surface area contributed by atoms with Gasteiger partial charge in [-0.1, -0.05) is 5.16 Å². The molecule has 0 aliphatic rings. The molecular formula is C4H5N3O2. The van der Waals surface area contributed by atoms with Crippen LogP contribution in [0.25, 0.3) is 0 Å². The molecule has 0 spiro atoms. The summed E-state index contributed by atoms with van der Waals surface area (Å²) in [7, 11) is 0. The molecule has 0 aliphatic heterocycles. The van der Waals surface area contributed by atoms with E-state index in [1.54, 1.807) is 0 Å². The van der Waals surface area contributed by atoms with Crippen LogP contribution >= 0.6 is 0 Å². The van der Waals surface area contributed by atoms with Crippen molar-refractivity contribution in [3.05, 3.63) is 12.2 Å². The van der Waals surface area contributed by atoms with Crippen molar-refractivity contribution in [2.45, 2.75) is 6.54 Å². The molecule has 0 aromatic carbocycles. The van der Waals surface area contributed by atoms with Gasteiger partial charge in [0.1, 0.15) is 0 Å². The Bertz CT molecular complexity index is 172. The highest BCUT2D eigenvalue weighted by atomic mass is 16.5. The molecule has 1 heterocycles. The van der Waals surface area contributed by atoms with Crippen LogP contribution < -0.4 is 5.32 Å². The molecule has 0 atom stereocenters. The molecule has 0 fully saturated rings. The van der Waals surface area contributed by atoms with Gasteiger partial charge in [-0.05, 0) is 0 Å². The third kappa shape index (κ3) is 1.52. The molecule has 0 bridgehead atoms. The molecule has 0 radical (unpaired) electrons. The molecule has 5 nitrogen and oxygen atoms in total. The maximum atomic E-state index is 9.70. The van der Waals surface area contributed by atoms with Gasteiger partial charge in [-0.25, -0.2) is 0 Å². The number of amides is 1.